The van der Waals surface area contributed by atoms with Crippen LogP contribution in [0.4, 0.5) is 0 Å². The molecule has 7 unspecified atom stereocenters. The first-order valence-corrected chi connectivity index (χ1v) is 22.9. The molecule has 9 N–H and O–H groups in total. The molecule has 1 spiro atoms. The second-order valence-electron chi connectivity index (χ2n) is 20.7. The quantitative estimate of drug-likeness (QED) is 0.155. The lowest BCUT2D eigenvalue weighted by molar-refractivity contribution is -0.400. The minimum Gasteiger partial charge on any atom is -0.394 e. The molecule has 5 heterocycles. The molecule has 5 aliphatic heterocycles. The maximum Gasteiger partial charge on any atom is 0.189 e. The molecule has 26 atom stereocenters. The summed E-state index contributed by atoms with van der Waals surface area (Å²) in [5.41, 5.74) is 1.46. The molecule has 61 heavy (non-hydrogen) atoms. The number of rotatable bonds is 7. The predicted octanol–water partition coefficient (Wildman–Crippen LogP) is 0.172. The van der Waals surface area contributed by atoms with Crippen molar-refractivity contribution in [2.75, 3.05) is 13.2 Å². The van der Waals surface area contributed by atoms with E-state index in [4.69, 9.17) is 37.9 Å². The summed E-state index contributed by atoms with van der Waals surface area (Å²) >= 11 is 0. The highest BCUT2D eigenvalue weighted by atomic mass is 16.8. The van der Waals surface area contributed by atoms with E-state index in [9.17, 15) is 46.0 Å². The minimum atomic E-state index is -1.94. The summed E-state index contributed by atoms with van der Waals surface area (Å²) in [5, 5.41) is 95.5. The van der Waals surface area contributed by atoms with E-state index < -0.39 is 111 Å². The van der Waals surface area contributed by atoms with Gasteiger partial charge in [-0.3, -0.25) is 0 Å². The molecule has 0 aromatic heterocycles. The molecular formula is C44H70O17. The molecule has 0 radical (unpaired) electrons. The molecule has 5 saturated heterocycles. The van der Waals surface area contributed by atoms with Crippen molar-refractivity contribution in [1.29, 1.82) is 0 Å². The third-order valence-electron chi connectivity index (χ3n) is 17.4. The molecule has 8 fully saturated rings. The van der Waals surface area contributed by atoms with Gasteiger partial charge >= 0.3 is 0 Å². The van der Waals surface area contributed by atoms with Gasteiger partial charge in [-0.15, -0.1) is 0 Å². The van der Waals surface area contributed by atoms with E-state index >= 15 is 0 Å². The van der Waals surface area contributed by atoms with Gasteiger partial charge in [0.15, 0.2) is 30.9 Å². The molecule has 9 aliphatic rings. The van der Waals surface area contributed by atoms with Crippen molar-refractivity contribution in [2.24, 2.45) is 46.3 Å². The fourth-order valence-electron chi connectivity index (χ4n) is 13.8. The molecular weight excluding hydrogens is 800 g/mol. The second-order valence-corrected chi connectivity index (χ2v) is 20.7. The number of aliphatic hydroxyl groups excluding tert-OH is 9. The molecule has 0 aromatic rings. The average molecular weight is 871 g/mol. The molecule has 0 aromatic carbocycles. The molecule has 17 heteroatoms. The fraction of sp³-hybridized carbons (Fsp3) is 0.955. The van der Waals surface area contributed by atoms with Crippen molar-refractivity contribution >= 4 is 0 Å². The van der Waals surface area contributed by atoms with Gasteiger partial charge in [0.25, 0.3) is 0 Å². The summed E-state index contributed by atoms with van der Waals surface area (Å²) in [5.74, 6) is 2.53. The topological polar surface area (TPSA) is 256 Å². The monoisotopic (exact) mass is 870 g/mol. The zero-order valence-electron chi connectivity index (χ0n) is 35.9. The van der Waals surface area contributed by atoms with E-state index in [2.05, 4.69) is 33.8 Å². The van der Waals surface area contributed by atoms with Crippen LogP contribution in [0, 0.1) is 46.3 Å². The maximum absolute atomic E-state index is 11.9. The number of hydrogen-bond donors (Lipinski definition) is 9. The Balaban J connectivity index is 0.916. The molecule has 4 aliphatic carbocycles. The summed E-state index contributed by atoms with van der Waals surface area (Å²) < 4.78 is 49.3. The number of fused-ring (bicyclic) bond motifs is 7. The van der Waals surface area contributed by atoms with Gasteiger partial charge in [-0.25, -0.2) is 0 Å². The van der Waals surface area contributed by atoms with Crippen molar-refractivity contribution < 1.29 is 83.9 Å². The van der Waals surface area contributed by atoms with E-state index in [1.54, 1.807) is 0 Å². The Morgan fingerprint density at radius 1 is 0.705 bits per heavy atom. The number of hydrogen-bond acceptors (Lipinski definition) is 17. The largest absolute Gasteiger partial charge is 0.394 e. The third kappa shape index (κ3) is 7.41. The molecule has 0 amide bonds. The first-order valence-electron chi connectivity index (χ1n) is 22.9. The summed E-state index contributed by atoms with van der Waals surface area (Å²) in [6, 6.07) is 0. The van der Waals surface area contributed by atoms with Gasteiger partial charge in [0.1, 0.15) is 61.0 Å². The molecule has 348 valence electrons. The van der Waals surface area contributed by atoms with Crippen LogP contribution in [-0.2, 0) is 37.9 Å². The number of ether oxygens (including phenoxy) is 8. The standard InChI is InChI=1S/C44H70O17/c1-18-8-13-44(54-17-18)19(2)28-26(61-44)15-25-23-7-6-21-14-22(9-11-42(21,4)24(23)10-12-43(25,28)5)56-41-37(59-40-34(51)31(48)32(49)38(53)60-40)35(52)36(27(16-45)57-41)58-39-33(50)30(47)29(46)20(3)55-39/h6,18-20,22-41,45-53H,7-17H2,1-5H3/t18-,19+,20?,22?,23-,24+,25+,26+,27?,28+,29+,30?,31?,32-,33+,34+,35?,36-,37+,38?,39+,40-,41-,42+,43+,44-/m1/s1. The van der Waals surface area contributed by atoms with E-state index in [-0.39, 0.29) is 16.9 Å². The van der Waals surface area contributed by atoms with Crippen LogP contribution < -0.4 is 0 Å². The fourth-order valence-corrected chi connectivity index (χ4v) is 13.8. The van der Waals surface area contributed by atoms with Gasteiger partial charge in [0.05, 0.1) is 31.5 Å². The van der Waals surface area contributed by atoms with E-state index in [1.165, 1.54) is 12.5 Å². The van der Waals surface area contributed by atoms with Crippen molar-refractivity contribution in [3.8, 4) is 0 Å². The Hall–Kier alpha value is -0.940. The normalized spacial score (nSPS) is 58.4. The summed E-state index contributed by atoms with van der Waals surface area (Å²) in [4.78, 5) is 0. The zero-order chi connectivity index (χ0) is 43.5. The number of aliphatic hydroxyl groups is 9. The van der Waals surface area contributed by atoms with Crippen molar-refractivity contribution in [3.05, 3.63) is 11.6 Å². The van der Waals surface area contributed by atoms with Gasteiger partial charge in [0.2, 0.25) is 0 Å². The van der Waals surface area contributed by atoms with E-state index in [0.29, 0.717) is 48.3 Å². The Labute approximate surface area is 357 Å². The SMILES string of the molecule is CC1O[C@@H](O[C@@H]2C(CO)O[C@@H](OC3CC[C@@]4(C)C(=CC[C@H]5[C@@H]6C[C@@H]7O[C@]8(CC[C@@H](C)CO8)[C@@H](C)[C@@H]7[C@@]6(C)CC[C@@H]54)C3)[C@@H](O[C@@H]3OC(O)[C@H](O)C(O)[C@@H]3O)C2O)[C@@H](O)C(O)[C@H]1O. The highest BCUT2D eigenvalue weighted by molar-refractivity contribution is 5.26. The second kappa shape index (κ2) is 16.7. The Bertz CT molecular complexity index is 1590. The molecule has 9 rings (SSSR count). The van der Waals surface area contributed by atoms with Gasteiger partial charge < -0.3 is 83.9 Å². The smallest absolute Gasteiger partial charge is 0.189 e. The Morgan fingerprint density at radius 2 is 1.41 bits per heavy atom. The van der Waals surface area contributed by atoms with E-state index in [1.807, 2.05) is 0 Å². The molecule has 3 saturated carbocycles. The summed E-state index contributed by atoms with van der Waals surface area (Å²) in [6.07, 6.45) is -13.3. The first kappa shape index (κ1) is 45.2. The van der Waals surface area contributed by atoms with Crippen molar-refractivity contribution in [2.45, 2.75) is 203 Å². The summed E-state index contributed by atoms with van der Waals surface area (Å²) in [7, 11) is 0. The number of allylic oxidation sites excluding steroid dienone is 1. The van der Waals surface area contributed by atoms with Crippen LogP contribution in [-0.4, -0.2) is 169 Å². The van der Waals surface area contributed by atoms with E-state index in [0.717, 1.165) is 51.6 Å². The van der Waals surface area contributed by atoms with Gasteiger partial charge in [-0.2, -0.15) is 0 Å². The van der Waals surface area contributed by atoms with Crippen LogP contribution in [0.25, 0.3) is 0 Å². The lowest BCUT2D eigenvalue weighted by atomic mass is 9.47. The average Bonchev–Trinajstić information content (AvgIpc) is 3.69. The van der Waals surface area contributed by atoms with Gasteiger partial charge in [-0.1, -0.05) is 39.3 Å². The van der Waals surface area contributed by atoms with Crippen molar-refractivity contribution in [3.63, 3.8) is 0 Å². The molecule has 0 bridgehead atoms. The van der Waals surface area contributed by atoms with Crippen LogP contribution in [0.3, 0.4) is 0 Å². The lowest BCUT2D eigenvalue weighted by Crippen LogP contribution is -2.66. The van der Waals surface area contributed by atoms with Crippen LogP contribution >= 0.6 is 0 Å². The highest BCUT2D eigenvalue weighted by Gasteiger charge is 2.69. The minimum absolute atomic E-state index is 0.0448. The van der Waals surface area contributed by atoms with Crippen LogP contribution in [0.1, 0.15) is 92.4 Å². The predicted molar refractivity (Wildman–Crippen MR) is 209 cm³/mol. The van der Waals surface area contributed by atoms with Crippen LogP contribution in [0.2, 0.25) is 0 Å². The zero-order valence-corrected chi connectivity index (χ0v) is 35.9. The van der Waals surface area contributed by atoms with Gasteiger partial charge in [0, 0.05) is 12.3 Å². The first-order chi connectivity index (χ1) is 28.9. The van der Waals surface area contributed by atoms with Crippen LogP contribution in [0.5, 0.6) is 0 Å². The van der Waals surface area contributed by atoms with Crippen molar-refractivity contribution in [1.82, 2.24) is 0 Å². The summed E-state index contributed by atoms with van der Waals surface area (Å²) in [6.45, 7) is 11.1. The van der Waals surface area contributed by atoms with Gasteiger partial charge in [-0.05, 0) is 98.7 Å². The maximum atomic E-state index is 11.9. The molecule has 17 nitrogen and oxygen atoms in total. The highest BCUT2D eigenvalue weighted by Crippen LogP contribution is 2.70. The Morgan fingerprint density at radius 3 is 2.11 bits per heavy atom. The van der Waals surface area contributed by atoms with Crippen LogP contribution in [0.15, 0.2) is 11.6 Å². The third-order valence-corrected chi connectivity index (χ3v) is 17.4. The lowest BCUT2D eigenvalue weighted by Gasteiger charge is -2.58. The Kier molecular flexibility index (Phi) is 12.4.